The van der Waals surface area contributed by atoms with E-state index in [0.717, 1.165) is 0 Å². The first-order chi connectivity index (χ1) is 7.92. The Morgan fingerprint density at radius 2 is 2.00 bits per heavy atom. The maximum Gasteiger partial charge on any atom is 0.0255 e. The Hall–Kier alpha value is -0.560. The molecular formula is C15H18S. The summed E-state index contributed by atoms with van der Waals surface area (Å²) in [7, 11) is 0. The standard InChI is InChI=1S/C15H18S/c1-4-10-15(11-5-1,13-7-2-3-8-13)14-9-6-12-16-14/h2-3,6-7,9,12H,1,4-5,8,10-11H2. The van der Waals surface area contributed by atoms with Crippen LogP contribution < -0.4 is 0 Å². The molecule has 0 bridgehead atoms. The predicted octanol–water partition coefficient (Wildman–Crippen LogP) is 4.69. The van der Waals surface area contributed by atoms with Crippen molar-refractivity contribution in [2.45, 2.75) is 43.9 Å². The van der Waals surface area contributed by atoms with Crippen LogP contribution in [0.4, 0.5) is 0 Å². The molecule has 1 aromatic rings. The van der Waals surface area contributed by atoms with Crippen LogP contribution in [0.2, 0.25) is 0 Å². The molecule has 1 fully saturated rings. The van der Waals surface area contributed by atoms with E-state index in [0.29, 0.717) is 5.41 Å². The van der Waals surface area contributed by atoms with Gasteiger partial charge in [0.1, 0.15) is 0 Å². The van der Waals surface area contributed by atoms with Gasteiger partial charge in [-0.15, -0.1) is 11.3 Å². The van der Waals surface area contributed by atoms with Crippen molar-refractivity contribution in [3.05, 3.63) is 46.9 Å². The lowest BCUT2D eigenvalue weighted by Gasteiger charge is -2.38. The highest BCUT2D eigenvalue weighted by Gasteiger charge is 2.38. The molecule has 0 spiro atoms. The van der Waals surface area contributed by atoms with E-state index >= 15 is 0 Å². The van der Waals surface area contributed by atoms with E-state index in [9.17, 15) is 0 Å². The Labute approximate surface area is 102 Å². The molecule has 0 atom stereocenters. The summed E-state index contributed by atoms with van der Waals surface area (Å²) in [5.74, 6) is 0. The van der Waals surface area contributed by atoms with Gasteiger partial charge >= 0.3 is 0 Å². The molecule has 3 rings (SSSR count). The summed E-state index contributed by atoms with van der Waals surface area (Å²) in [6, 6.07) is 4.55. The second-order valence-corrected chi connectivity index (χ2v) is 5.89. The topological polar surface area (TPSA) is 0 Å². The molecule has 2 aliphatic rings. The van der Waals surface area contributed by atoms with Crippen molar-refractivity contribution in [2.24, 2.45) is 0 Å². The third-order valence-electron chi connectivity index (χ3n) is 4.09. The minimum absolute atomic E-state index is 0.399. The summed E-state index contributed by atoms with van der Waals surface area (Å²) in [5, 5.41) is 2.23. The first-order valence-electron chi connectivity index (χ1n) is 6.32. The van der Waals surface area contributed by atoms with Gasteiger partial charge in [-0.05, 0) is 43.6 Å². The highest BCUT2D eigenvalue weighted by Crippen LogP contribution is 2.49. The summed E-state index contributed by atoms with van der Waals surface area (Å²) in [5.41, 5.74) is 2.06. The molecule has 0 saturated heterocycles. The highest BCUT2D eigenvalue weighted by atomic mass is 32.1. The van der Waals surface area contributed by atoms with Crippen LogP contribution >= 0.6 is 11.3 Å². The second kappa shape index (κ2) is 4.37. The Kier molecular flexibility index (Phi) is 2.89. The SMILES string of the molecule is [CH]1[CH]CC(C2(c3cccs3)CCCCC2)=C1. The summed E-state index contributed by atoms with van der Waals surface area (Å²) in [6.45, 7) is 0. The normalized spacial score (nSPS) is 24.4. The second-order valence-electron chi connectivity index (χ2n) is 4.94. The first kappa shape index (κ1) is 10.6. The first-order valence-corrected chi connectivity index (χ1v) is 7.20. The van der Waals surface area contributed by atoms with Crippen LogP contribution in [0.3, 0.4) is 0 Å². The molecule has 1 saturated carbocycles. The zero-order valence-electron chi connectivity index (χ0n) is 9.61. The van der Waals surface area contributed by atoms with E-state index < -0.39 is 0 Å². The fourth-order valence-corrected chi connectivity index (χ4v) is 4.26. The molecular weight excluding hydrogens is 212 g/mol. The van der Waals surface area contributed by atoms with Crippen molar-refractivity contribution in [1.82, 2.24) is 0 Å². The van der Waals surface area contributed by atoms with Crippen LogP contribution in [-0.4, -0.2) is 0 Å². The molecule has 1 aromatic heterocycles. The number of thiophene rings is 1. The van der Waals surface area contributed by atoms with Crippen molar-refractivity contribution in [1.29, 1.82) is 0 Å². The van der Waals surface area contributed by atoms with Crippen LogP contribution in [0.1, 0.15) is 43.4 Å². The van der Waals surface area contributed by atoms with E-state index in [1.165, 1.54) is 38.5 Å². The lowest BCUT2D eigenvalue weighted by Crippen LogP contribution is -2.29. The van der Waals surface area contributed by atoms with Gasteiger partial charge in [-0.3, -0.25) is 0 Å². The van der Waals surface area contributed by atoms with Gasteiger partial charge in [0, 0.05) is 10.3 Å². The minimum atomic E-state index is 0.399. The molecule has 0 nitrogen and oxygen atoms in total. The van der Waals surface area contributed by atoms with E-state index in [-0.39, 0.29) is 0 Å². The van der Waals surface area contributed by atoms with E-state index in [1.807, 2.05) is 11.3 Å². The average Bonchev–Trinajstić information content (AvgIpc) is 3.04. The molecule has 2 aliphatic carbocycles. The summed E-state index contributed by atoms with van der Waals surface area (Å²) in [4.78, 5) is 1.60. The zero-order chi connectivity index (χ0) is 10.8. The van der Waals surface area contributed by atoms with E-state index in [2.05, 4.69) is 36.4 Å². The number of hydrogen-bond donors (Lipinski definition) is 0. The molecule has 16 heavy (non-hydrogen) atoms. The third-order valence-corrected chi connectivity index (χ3v) is 5.16. The maximum atomic E-state index is 2.37. The Morgan fingerprint density at radius 1 is 1.12 bits per heavy atom. The van der Waals surface area contributed by atoms with Crippen LogP contribution in [0.15, 0.2) is 29.2 Å². The fraction of sp³-hybridized carbons (Fsp3) is 0.467. The number of allylic oxidation sites excluding steroid dienone is 2. The minimum Gasteiger partial charge on any atom is -0.148 e. The molecule has 0 N–H and O–H groups in total. The molecule has 0 aliphatic heterocycles. The van der Waals surface area contributed by atoms with Crippen molar-refractivity contribution in [3.8, 4) is 0 Å². The zero-order valence-corrected chi connectivity index (χ0v) is 10.4. The Balaban J connectivity index is 1.99. The van der Waals surface area contributed by atoms with Gasteiger partial charge in [0.25, 0.3) is 0 Å². The fourth-order valence-electron chi connectivity index (χ4n) is 3.23. The molecule has 2 radical (unpaired) electrons. The van der Waals surface area contributed by atoms with Crippen molar-refractivity contribution in [2.75, 3.05) is 0 Å². The lowest BCUT2D eigenvalue weighted by molar-refractivity contribution is 0.342. The van der Waals surface area contributed by atoms with Crippen LogP contribution in [0.25, 0.3) is 0 Å². The van der Waals surface area contributed by atoms with Crippen LogP contribution in [-0.2, 0) is 5.41 Å². The monoisotopic (exact) mass is 230 g/mol. The van der Waals surface area contributed by atoms with Crippen molar-refractivity contribution >= 4 is 11.3 Å². The van der Waals surface area contributed by atoms with Gasteiger partial charge in [0.05, 0.1) is 0 Å². The molecule has 0 aromatic carbocycles. The van der Waals surface area contributed by atoms with Crippen molar-refractivity contribution in [3.63, 3.8) is 0 Å². The number of rotatable bonds is 2. The van der Waals surface area contributed by atoms with Gasteiger partial charge in [-0.25, -0.2) is 0 Å². The van der Waals surface area contributed by atoms with Gasteiger partial charge in [-0.2, -0.15) is 0 Å². The molecule has 1 heteroatoms. The summed E-state index contributed by atoms with van der Waals surface area (Å²) in [6.07, 6.45) is 15.0. The largest absolute Gasteiger partial charge is 0.148 e. The van der Waals surface area contributed by atoms with Gasteiger partial charge in [0.2, 0.25) is 0 Å². The predicted molar refractivity (Wildman–Crippen MR) is 70.4 cm³/mol. The van der Waals surface area contributed by atoms with Gasteiger partial charge < -0.3 is 0 Å². The van der Waals surface area contributed by atoms with Crippen molar-refractivity contribution < 1.29 is 0 Å². The molecule has 84 valence electrons. The average molecular weight is 230 g/mol. The summed E-state index contributed by atoms with van der Waals surface area (Å²) < 4.78 is 0. The Bertz CT molecular complexity index is 366. The van der Waals surface area contributed by atoms with Gasteiger partial charge in [-0.1, -0.05) is 37.0 Å². The van der Waals surface area contributed by atoms with Crippen LogP contribution in [0.5, 0.6) is 0 Å². The number of hydrogen-bond acceptors (Lipinski definition) is 1. The summed E-state index contributed by atoms with van der Waals surface area (Å²) >= 11 is 1.95. The lowest BCUT2D eigenvalue weighted by atomic mass is 9.68. The molecule has 1 heterocycles. The van der Waals surface area contributed by atoms with Crippen LogP contribution in [0, 0.1) is 12.8 Å². The highest BCUT2D eigenvalue weighted by molar-refractivity contribution is 7.10. The molecule has 0 unspecified atom stereocenters. The maximum absolute atomic E-state index is 2.37. The van der Waals surface area contributed by atoms with E-state index in [4.69, 9.17) is 0 Å². The molecule has 0 amide bonds. The van der Waals surface area contributed by atoms with E-state index in [1.54, 1.807) is 10.5 Å². The van der Waals surface area contributed by atoms with Gasteiger partial charge in [0.15, 0.2) is 0 Å². The Morgan fingerprint density at radius 3 is 2.62 bits per heavy atom. The quantitative estimate of drug-likeness (QED) is 0.691. The smallest absolute Gasteiger partial charge is 0.0255 e. The third kappa shape index (κ3) is 1.66.